The van der Waals surface area contributed by atoms with E-state index in [2.05, 4.69) is 11.4 Å². The number of carboxylic acid groups (broad SMARTS) is 1. The van der Waals surface area contributed by atoms with Gasteiger partial charge in [-0.25, -0.2) is 0 Å². The molecule has 1 aromatic carbocycles. The van der Waals surface area contributed by atoms with Gasteiger partial charge in [-0.2, -0.15) is 0 Å². The fourth-order valence-electron chi connectivity index (χ4n) is 3.23. The molecular weight excluding hydrogens is 266 g/mol. The SMILES string of the molecule is O=C(O)CC1(NC(=O)c2cccc(C3CCC3)c2)CCC1. The molecule has 0 aliphatic heterocycles. The molecular formula is C17H21NO3. The highest BCUT2D eigenvalue weighted by molar-refractivity contribution is 5.95. The Morgan fingerprint density at radius 1 is 1.24 bits per heavy atom. The molecule has 0 spiro atoms. The molecule has 0 aromatic heterocycles. The predicted molar refractivity (Wildman–Crippen MR) is 79.3 cm³/mol. The number of rotatable bonds is 5. The van der Waals surface area contributed by atoms with Crippen molar-refractivity contribution in [1.29, 1.82) is 0 Å². The van der Waals surface area contributed by atoms with E-state index in [0.717, 1.165) is 19.3 Å². The molecule has 0 atom stereocenters. The summed E-state index contributed by atoms with van der Waals surface area (Å²) >= 11 is 0. The number of carbonyl (C=O) groups is 2. The van der Waals surface area contributed by atoms with E-state index in [0.29, 0.717) is 11.5 Å². The number of hydrogen-bond donors (Lipinski definition) is 2. The van der Waals surface area contributed by atoms with Crippen LogP contribution >= 0.6 is 0 Å². The quantitative estimate of drug-likeness (QED) is 0.874. The van der Waals surface area contributed by atoms with Gasteiger partial charge in [-0.1, -0.05) is 18.6 Å². The monoisotopic (exact) mass is 287 g/mol. The second kappa shape index (κ2) is 5.51. The molecule has 2 aliphatic rings. The molecule has 4 heteroatoms. The van der Waals surface area contributed by atoms with E-state index in [1.165, 1.54) is 24.8 Å². The second-order valence-electron chi connectivity index (χ2n) is 6.41. The summed E-state index contributed by atoms with van der Waals surface area (Å²) in [6, 6.07) is 7.78. The summed E-state index contributed by atoms with van der Waals surface area (Å²) in [4.78, 5) is 23.4. The first-order valence-electron chi connectivity index (χ1n) is 7.72. The first-order valence-corrected chi connectivity index (χ1v) is 7.72. The van der Waals surface area contributed by atoms with Gasteiger partial charge >= 0.3 is 5.97 Å². The number of hydrogen-bond acceptors (Lipinski definition) is 2. The Morgan fingerprint density at radius 2 is 2.00 bits per heavy atom. The Hall–Kier alpha value is -1.84. The third-order valence-electron chi connectivity index (χ3n) is 4.90. The third kappa shape index (κ3) is 2.94. The predicted octanol–water partition coefficient (Wildman–Crippen LogP) is 3.08. The highest BCUT2D eigenvalue weighted by atomic mass is 16.4. The number of amides is 1. The van der Waals surface area contributed by atoms with E-state index in [1.54, 1.807) is 0 Å². The van der Waals surface area contributed by atoms with Crippen molar-refractivity contribution in [3.63, 3.8) is 0 Å². The zero-order valence-electron chi connectivity index (χ0n) is 12.1. The van der Waals surface area contributed by atoms with Crippen LogP contribution < -0.4 is 5.32 Å². The third-order valence-corrected chi connectivity index (χ3v) is 4.90. The highest BCUT2D eigenvalue weighted by Gasteiger charge is 2.40. The highest BCUT2D eigenvalue weighted by Crippen LogP contribution is 2.37. The summed E-state index contributed by atoms with van der Waals surface area (Å²) < 4.78 is 0. The summed E-state index contributed by atoms with van der Waals surface area (Å²) in [6.07, 6.45) is 6.18. The maximum Gasteiger partial charge on any atom is 0.305 e. The summed E-state index contributed by atoms with van der Waals surface area (Å²) in [6.45, 7) is 0. The van der Waals surface area contributed by atoms with Crippen LogP contribution in [0.25, 0.3) is 0 Å². The molecule has 0 radical (unpaired) electrons. The normalized spacial score (nSPS) is 20.2. The first kappa shape index (κ1) is 14.1. The fraction of sp³-hybridized carbons (Fsp3) is 0.529. The maximum atomic E-state index is 12.4. The van der Waals surface area contributed by atoms with Crippen molar-refractivity contribution in [2.75, 3.05) is 0 Å². The Kier molecular flexibility index (Phi) is 3.70. The van der Waals surface area contributed by atoms with Crippen molar-refractivity contribution in [2.45, 2.75) is 56.4 Å². The van der Waals surface area contributed by atoms with E-state index < -0.39 is 11.5 Å². The van der Waals surface area contributed by atoms with Crippen LogP contribution in [-0.2, 0) is 4.79 Å². The van der Waals surface area contributed by atoms with Gasteiger partial charge in [-0.05, 0) is 55.7 Å². The Labute approximate surface area is 124 Å². The van der Waals surface area contributed by atoms with Gasteiger partial charge in [0, 0.05) is 5.56 Å². The summed E-state index contributed by atoms with van der Waals surface area (Å²) in [7, 11) is 0. The minimum Gasteiger partial charge on any atom is -0.481 e. The van der Waals surface area contributed by atoms with Crippen LogP contribution in [0.15, 0.2) is 24.3 Å². The number of nitrogens with one attached hydrogen (secondary N) is 1. The van der Waals surface area contributed by atoms with E-state index in [4.69, 9.17) is 5.11 Å². The van der Waals surface area contributed by atoms with Crippen molar-refractivity contribution in [3.8, 4) is 0 Å². The van der Waals surface area contributed by atoms with Crippen molar-refractivity contribution in [3.05, 3.63) is 35.4 Å². The average molecular weight is 287 g/mol. The minimum atomic E-state index is -0.849. The molecule has 2 aliphatic carbocycles. The smallest absolute Gasteiger partial charge is 0.305 e. The van der Waals surface area contributed by atoms with Gasteiger partial charge in [0.2, 0.25) is 0 Å². The molecule has 112 valence electrons. The van der Waals surface area contributed by atoms with E-state index >= 15 is 0 Å². The molecule has 3 rings (SSSR count). The van der Waals surface area contributed by atoms with Crippen LogP contribution in [0.2, 0.25) is 0 Å². The fourth-order valence-corrected chi connectivity index (χ4v) is 3.23. The van der Waals surface area contributed by atoms with Gasteiger partial charge in [0.05, 0.1) is 12.0 Å². The van der Waals surface area contributed by atoms with Gasteiger partial charge in [-0.15, -0.1) is 0 Å². The van der Waals surface area contributed by atoms with E-state index in [-0.39, 0.29) is 12.3 Å². The van der Waals surface area contributed by atoms with Crippen LogP contribution in [0.1, 0.15) is 66.8 Å². The number of aliphatic carboxylic acids is 1. The average Bonchev–Trinajstić information content (AvgIpc) is 2.33. The van der Waals surface area contributed by atoms with Crippen LogP contribution in [-0.4, -0.2) is 22.5 Å². The number of carboxylic acids is 1. The van der Waals surface area contributed by atoms with Crippen molar-refractivity contribution in [1.82, 2.24) is 5.32 Å². The van der Waals surface area contributed by atoms with Crippen LogP contribution in [0.4, 0.5) is 0 Å². The molecule has 2 saturated carbocycles. The van der Waals surface area contributed by atoms with Gasteiger partial charge in [-0.3, -0.25) is 9.59 Å². The lowest BCUT2D eigenvalue weighted by Gasteiger charge is -2.41. The Bertz CT molecular complexity index is 559. The minimum absolute atomic E-state index is 0.0149. The zero-order chi connectivity index (χ0) is 14.9. The largest absolute Gasteiger partial charge is 0.481 e. The second-order valence-corrected chi connectivity index (χ2v) is 6.41. The van der Waals surface area contributed by atoms with E-state index in [9.17, 15) is 9.59 Å². The van der Waals surface area contributed by atoms with E-state index in [1.807, 2.05) is 18.2 Å². The molecule has 0 saturated heterocycles. The molecule has 1 amide bonds. The van der Waals surface area contributed by atoms with Crippen molar-refractivity contribution < 1.29 is 14.7 Å². The first-order chi connectivity index (χ1) is 10.1. The molecule has 2 fully saturated rings. The lowest BCUT2D eigenvalue weighted by molar-refractivity contribution is -0.139. The lowest BCUT2D eigenvalue weighted by atomic mass is 9.74. The number of benzene rings is 1. The molecule has 0 unspecified atom stereocenters. The Morgan fingerprint density at radius 3 is 2.52 bits per heavy atom. The summed E-state index contributed by atoms with van der Waals surface area (Å²) in [5.74, 6) is -0.398. The molecule has 2 N–H and O–H groups in total. The standard InChI is InChI=1S/C17H21NO3/c19-15(20)11-17(8-3-9-17)18-16(21)14-7-2-6-13(10-14)12-4-1-5-12/h2,6-7,10,12H,1,3-5,8-9,11H2,(H,18,21)(H,19,20). The van der Waals surface area contributed by atoms with Crippen molar-refractivity contribution in [2.24, 2.45) is 0 Å². The van der Waals surface area contributed by atoms with Crippen molar-refractivity contribution >= 4 is 11.9 Å². The molecule has 4 nitrogen and oxygen atoms in total. The van der Waals surface area contributed by atoms with Gasteiger partial charge < -0.3 is 10.4 Å². The lowest BCUT2D eigenvalue weighted by Crippen LogP contribution is -2.54. The molecule has 0 bridgehead atoms. The van der Waals surface area contributed by atoms with Gasteiger partial charge in [0.1, 0.15) is 0 Å². The van der Waals surface area contributed by atoms with Gasteiger partial charge in [0.15, 0.2) is 0 Å². The summed E-state index contributed by atoms with van der Waals surface area (Å²) in [5.41, 5.74) is 1.35. The van der Waals surface area contributed by atoms with Crippen LogP contribution in [0.5, 0.6) is 0 Å². The molecule has 1 aromatic rings. The Balaban J connectivity index is 1.71. The molecule has 21 heavy (non-hydrogen) atoms. The van der Waals surface area contributed by atoms with Gasteiger partial charge in [0.25, 0.3) is 5.91 Å². The number of carbonyl (C=O) groups excluding carboxylic acids is 1. The van der Waals surface area contributed by atoms with Crippen LogP contribution in [0.3, 0.4) is 0 Å². The summed E-state index contributed by atoms with van der Waals surface area (Å²) in [5, 5.41) is 12.0. The topological polar surface area (TPSA) is 66.4 Å². The zero-order valence-corrected chi connectivity index (χ0v) is 12.1. The van der Waals surface area contributed by atoms with Crippen LogP contribution in [0, 0.1) is 0 Å². The maximum absolute atomic E-state index is 12.4. The molecule has 0 heterocycles.